The third kappa shape index (κ3) is 4.82. The number of nitrogens with zero attached hydrogens (tertiary/aromatic N) is 5. The molecule has 0 fully saturated rings. The second kappa shape index (κ2) is 8.34. The molecule has 1 aliphatic rings. The summed E-state index contributed by atoms with van der Waals surface area (Å²) in [5.74, 6) is -0.253. The molecule has 4 rings (SSSR count). The maximum Gasteiger partial charge on any atom is 0.416 e. The van der Waals surface area contributed by atoms with Gasteiger partial charge in [-0.05, 0) is 34.2 Å². The van der Waals surface area contributed by atoms with E-state index in [4.69, 9.17) is 4.74 Å². The van der Waals surface area contributed by atoms with Crippen LogP contribution in [0.1, 0.15) is 11.1 Å². The first-order chi connectivity index (χ1) is 14.8. The highest BCUT2D eigenvalue weighted by molar-refractivity contribution is 5.63. The molecule has 0 bridgehead atoms. The molecule has 0 radical (unpaired) electrons. The van der Waals surface area contributed by atoms with E-state index in [0.29, 0.717) is 38.3 Å². The Morgan fingerprint density at radius 2 is 1.87 bits per heavy atom. The molecule has 0 atom stereocenters. The zero-order valence-corrected chi connectivity index (χ0v) is 16.2. The number of aromatic nitrogens is 3. The molecule has 8 nitrogen and oxygen atoms in total. The van der Waals surface area contributed by atoms with Gasteiger partial charge in [-0.3, -0.25) is 14.5 Å². The zero-order valence-electron chi connectivity index (χ0n) is 16.2. The highest BCUT2D eigenvalue weighted by Gasteiger charge is 2.30. The molecule has 2 aromatic heterocycles. The van der Waals surface area contributed by atoms with Gasteiger partial charge in [0, 0.05) is 49.1 Å². The van der Waals surface area contributed by atoms with Gasteiger partial charge < -0.3 is 14.9 Å². The predicted octanol–water partition coefficient (Wildman–Crippen LogP) is 3.77. The summed E-state index contributed by atoms with van der Waals surface area (Å²) in [4.78, 5) is 20.6. The first-order valence-corrected chi connectivity index (χ1v) is 9.48. The molecule has 0 saturated heterocycles. The molecule has 0 spiro atoms. The van der Waals surface area contributed by atoms with Gasteiger partial charge in [0.1, 0.15) is 12.8 Å². The maximum atomic E-state index is 12.8. The Kier molecular flexibility index (Phi) is 5.59. The van der Waals surface area contributed by atoms with Crippen molar-refractivity contribution in [3.8, 4) is 17.1 Å². The lowest BCUT2D eigenvalue weighted by Crippen LogP contribution is -2.33. The lowest BCUT2D eigenvalue weighted by atomic mass is 10.0. The lowest BCUT2D eigenvalue weighted by Gasteiger charge is -2.24. The van der Waals surface area contributed by atoms with E-state index in [0.717, 1.165) is 23.3 Å². The molecule has 0 N–H and O–H groups in total. The van der Waals surface area contributed by atoms with Gasteiger partial charge in [0.25, 0.3) is 0 Å². The lowest BCUT2D eigenvalue weighted by molar-refractivity contribution is -0.389. The molecule has 0 aliphatic carbocycles. The fourth-order valence-electron chi connectivity index (χ4n) is 3.38. The first kappa shape index (κ1) is 20.8. The minimum Gasteiger partial charge on any atom is -0.444 e. The van der Waals surface area contributed by atoms with Crippen LogP contribution in [0.2, 0.25) is 0 Å². The number of alkyl halides is 3. The van der Waals surface area contributed by atoms with Crippen LogP contribution in [0.25, 0.3) is 11.1 Å². The normalized spacial score (nSPS) is 14.9. The molecule has 1 aromatic carbocycles. The molecule has 162 valence electrons. The van der Waals surface area contributed by atoms with Crippen molar-refractivity contribution in [1.29, 1.82) is 0 Å². The molecule has 11 heteroatoms. The van der Waals surface area contributed by atoms with Crippen LogP contribution in [-0.2, 0) is 19.3 Å². The number of imidazole rings is 1. The molecule has 1 aliphatic heterocycles. The number of hydrogen-bond donors (Lipinski definition) is 0. The maximum absolute atomic E-state index is 12.8. The Bertz CT molecular complexity index is 1080. The first-order valence-electron chi connectivity index (χ1n) is 9.48. The number of hydrogen-bond acceptors (Lipinski definition) is 6. The summed E-state index contributed by atoms with van der Waals surface area (Å²) >= 11 is 0. The summed E-state index contributed by atoms with van der Waals surface area (Å²) in [6.45, 7) is 2.55. The van der Waals surface area contributed by atoms with Crippen LogP contribution in [0.5, 0.6) is 6.01 Å². The van der Waals surface area contributed by atoms with Crippen molar-refractivity contribution in [1.82, 2.24) is 19.4 Å². The minimum absolute atomic E-state index is 0.234. The second-order valence-corrected chi connectivity index (χ2v) is 7.11. The van der Waals surface area contributed by atoms with Crippen molar-refractivity contribution < 1.29 is 22.8 Å². The Balaban J connectivity index is 1.45. The van der Waals surface area contributed by atoms with Gasteiger partial charge >= 0.3 is 18.0 Å². The monoisotopic (exact) mass is 433 g/mol. The van der Waals surface area contributed by atoms with Gasteiger partial charge in [-0.1, -0.05) is 12.1 Å². The van der Waals surface area contributed by atoms with E-state index in [1.807, 2.05) is 6.07 Å². The molecule has 0 saturated carbocycles. The Hall–Kier alpha value is -3.47. The van der Waals surface area contributed by atoms with Gasteiger partial charge in [0.05, 0.1) is 5.56 Å². The average Bonchev–Trinajstić information content (AvgIpc) is 3.12. The van der Waals surface area contributed by atoms with Crippen LogP contribution >= 0.6 is 0 Å². The van der Waals surface area contributed by atoms with Crippen LogP contribution in [0.3, 0.4) is 0 Å². The van der Waals surface area contributed by atoms with Crippen molar-refractivity contribution >= 4 is 5.82 Å². The standard InChI is InChI=1S/C20H18F3N5O3/c21-20(22,23)17-3-1-15(2-4-17)16-9-14(10-24-11-16)12-26-5-6-27-13-18(28(29)30)25-19(27)31-8-7-26/h1-4,9-11,13H,5-8,12H2. The van der Waals surface area contributed by atoms with E-state index < -0.39 is 16.7 Å². The van der Waals surface area contributed by atoms with Crippen molar-refractivity contribution in [2.45, 2.75) is 19.3 Å². The van der Waals surface area contributed by atoms with E-state index in [1.165, 1.54) is 18.3 Å². The van der Waals surface area contributed by atoms with Crippen molar-refractivity contribution in [3.63, 3.8) is 0 Å². The van der Waals surface area contributed by atoms with Gasteiger partial charge in [-0.25, -0.2) is 0 Å². The average molecular weight is 433 g/mol. The van der Waals surface area contributed by atoms with E-state index in [2.05, 4.69) is 14.9 Å². The fraction of sp³-hybridized carbons (Fsp3) is 0.300. The molecule has 3 heterocycles. The summed E-state index contributed by atoms with van der Waals surface area (Å²) in [7, 11) is 0. The molecule has 0 amide bonds. The molecule has 3 aromatic rings. The summed E-state index contributed by atoms with van der Waals surface area (Å²) in [6, 6.07) is 7.10. The largest absolute Gasteiger partial charge is 0.444 e. The predicted molar refractivity (Wildman–Crippen MR) is 104 cm³/mol. The summed E-state index contributed by atoms with van der Waals surface area (Å²) in [5.41, 5.74) is 1.57. The summed E-state index contributed by atoms with van der Waals surface area (Å²) in [5, 5.41) is 10.9. The van der Waals surface area contributed by atoms with Crippen LogP contribution in [0.4, 0.5) is 19.0 Å². The summed E-state index contributed by atoms with van der Waals surface area (Å²) < 4.78 is 45.5. The van der Waals surface area contributed by atoms with E-state index in [1.54, 1.807) is 17.0 Å². The third-order valence-corrected chi connectivity index (χ3v) is 4.96. The van der Waals surface area contributed by atoms with E-state index >= 15 is 0 Å². The number of pyridine rings is 1. The van der Waals surface area contributed by atoms with E-state index in [9.17, 15) is 23.3 Å². The van der Waals surface area contributed by atoms with Crippen molar-refractivity contribution in [3.05, 3.63) is 70.2 Å². The quantitative estimate of drug-likeness (QED) is 0.460. The number of nitro groups is 1. The summed E-state index contributed by atoms with van der Waals surface area (Å²) in [6.07, 6.45) is 0.299. The molecular weight excluding hydrogens is 415 g/mol. The fourth-order valence-corrected chi connectivity index (χ4v) is 3.38. The molecule has 0 unspecified atom stereocenters. The number of benzene rings is 1. The third-order valence-electron chi connectivity index (χ3n) is 4.96. The van der Waals surface area contributed by atoms with Crippen molar-refractivity contribution in [2.75, 3.05) is 19.7 Å². The van der Waals surface area contributed by atoms with Gasteiger partial charge in [0.15, 0.2) is 0 Å². The van der Waals surface area contributed by atoms with Crippen LogP contribution < -0.4 is 4.74 Å². The Morgan fingerprint density at radius 3 is 2.58 bits per heavy atom. The van der Waals surface area contributed by atoms with Crippen molar-refractivity contribution in [2.24, 2.45) is 0 Å². The van der Waals surface area contributed by atoms with Crippen LogP contribution in [0, 0.1) is 10.1 Å². The smallest absolute Gasteiger partial charge is 0.416 e. The van der Waals surface area contributed by atoms with E-state index in [-0.39, 0.29) is 11.8 Å². The highest BCUT2D eigenvalue weighted by atomic mass is 19.4. The second-order valence-electron chi connectivity index (χ2n) is 7.11. The van der Waals surface area contributed by atoms with Crippen LogP contribution in [0.15, 0.2) is 48.9 Å². The van der Waals surface area contributed by atoms with Gasteiger partial charge in [-0.2, -0.15) is 13.2 Å². The minimum atomic E-state index is -4.37. The Morgan fingerprint density at radius 1 is 1.10 bits per heavy atom. The topological polar surface area (TPSA) is 86.3 Å². The SMILES string of the molecule is O=[N+]([O-])c1cn2c(n1)OCCN(Cc1cncc(-c3ccc(C(F)(F)F)cc3)c1)CC2. The number of halogens is 3. The zero-order chi connectivity index (χ0) is 22.0. The van der Waals surface area contributed by atoms with Crippen LogP contribution in [-0.4, -0.2) is 44.1 Å². The highest BCUT2D eigenvalue weighted by Crippen LogP contribution is 2.31. The number of rotatable bonds is 4. The Labute approximate surface area is 175 Å². The number of fused-ring (bicyclic) bond motifs is 1. The van der Waals surface area contributed by atoms with Gasteiger partial charge in [0.2, 0.25) is 0 Å². The molecular formula is C20H18F3N5O3. The number of ether oxygens (including phenoxy) is 1. The van der Waals surface area contributed by atoms with Gasteiger partial charge in [-0.15, -0.1) is 0 Å². The molecule has 31 heavy (non-hydrogen) atoms.